The number of para-hydroxylation sites is 1. The fraction of sp³-hybridized carbons (Fsp3) is 0.412. The highest BCUT2D eigenvalue weighted by atomic mass is 16.5. The number of rotatable bonds is 4. The number of hydrogen-bond acceptors (Lipinski definition) is 3. The molecule has 3 heteroatoms. The first-order valence-electron chi connectivity index (χ1n) is 7.25. The van der Waals surface area contributed by atoms with Crippen molar-refractivity contribution < 1.29 is 9.53 Å². The Morgan fingerprint density at radius 1 is 1.40 bits per heavy atom. The molecule has 0 radical (unpaired) electrons. The van der Waals surface area contributed by atoms with E-state index < -0.39 is 0 Å². The molecular weight excluding hydrogens is 250 g/mol. The van der Waals surface area contributed by atoms with Crippen LogP contribution in [0.5, 0.6) is 0 Å². The number of pyridine rings is 1. The van der Waals surface area contributed by atoms with E-state index in [9.17, 15) is 4.79 Å². The van der Waals surface area contributed by atoms with Gasteiger partial charge in [-0.05, 0) is 38.3 Å². The average molecular weight is 269 g/mol. The van der Waals surface area contributed by atoms with Crippen LogP contribution in [0.15, 0.2) is 30.3 Å². The Kier molecular flexibility index (Phi) is 3.79. The molecule has 1 aromatic carbocycles. The minimum absolute atomic E-state index is 0.196. The van der Waals surface area contributed by atoms with E-state index in [1.807, 2.05) is 37.3 Å². The van der Waals surface area contributed by atoms with Gasteiger partial charge in [-0.15, -0.1) is 0 Å². The molecular formula is C17H19NO2. The van der Waals surface area contributed by atoms with Gasteiger partial charge in [-0.3, -0.25) is 9.78 Å². The number of Topliss-reactive ketones (excluding diaryl/α,β-unsaturated/α-hetero) is 1. The topological polar surface area (TPSA) is 39.2 Å². The summed E-state index contributed by atoms with van der Waals surface area (Å²) < 4.78 is 5.59. The van der Waals surface area contributed by atoms with Crippen LogP contribution in [0.2, 0.25) is 0 Å². The summed E-state index contributed by atoms with van der Waals surface area (Å²) in [6.45, 7) is 2.78. The lowest BCUT2D eigenvalue weighted by molar-refractivity contribution is 0.0860. The van der Waals surface area contributed by atoms with Gasteiger partial charge in [0.15, 0.2) is 5.78 Å². The highest BCUT2D eigenvalue weighted by molar-refractivity contribution is 6.07. The van der Waals surface area contributed by atoms with Crippen LogP contribution in [0.25, 0.3) is 10.9 Å². The molecule has 2 aromatic rings. The molecule has 2 heterocycles. The lowest BCUT2D eigenvalue weighted by atomic mass is 9.99. The maximum atomic E-state index is 12.5. The molecule has 1 atom stereocenters. The summed E-state index contributed by atoms with van der Waals surface area (Å²) in [6, 6.07) is 9.74. The van der Waals surface area contributed by atoms with Gasteiger partial charge in [-0.25, -0.2) is 0 Å². The van der Waals surface area contributed by atoms with Crippen molar-refractivity contribution in [3.05, 3.63) is 41.6 Å². The summed E-state index contributed by atoms with van der Waals surface area (Å²) in [5.74, 6) is 0.196. The van der Waals surface area contributed by atoms with Crippen molar-refractivity contribution in [1.29, 1.82) is 0 Å². The van der Waals surface area contributed by atoms with E-state index in [-0.39, 0.29) is 11.9 Å². The molecule has 0 saturated carbocycles. The van der Waals surface area contributed by atoms with E-state index in [2.05, 4.69) is 4.98 Å². The third-order valence-corrected chi connectivity index (χ3v) is 3.86. The molecule has 3 rings (SSSR count). The van der Waals surface area contributed by atoms with Gasteiger partial charge in [-0.1, -0.05) is 18.2 Å². The maximum absolute atomic E-state index is 12.5. The minimum Gasteiger partial charge on any atom is -0.378 e. The molecule has 1 aliphatic heterocycles. The smallest absolute Gasteiger partial charge is 0.163 e. The van der Waals surface area contributed by atoms with Crippen LogP contribution in [-0.2, 0) is 4.74 Å². The molecule has 1 fully saturated rings. The van der Waals surface area contributed by atoms with Gasteiger partial charge in [0.25, 0.3) is 0 Å². The van der Waals surface area contributed by atoms with Crippen molar-refractivity contribution in [2.24, 2.45) is 0 Å². The summed E-state index contributed by atoms with van der Waals surface area (Å²) in [4.78, 5) is 17.0. The number of hydrogen-bond donors (Lipinski definition) is 0. The van der Waals surface area contributed by atoms with E-state index in [1.54, 1.807) is 0 Å². The minimum atomic E-state index is 0.196. The van der Waals surface area contributed by atoms with Crippen LogP contribution in [0.1, 0.15) is 41.7 Å². The van der Waals surface area contributed by atoms with Gasteiger partial charge >= 0.3 is 0 Å². The number of carbonyl (C=O) groups excluding carboxylic acids is 1. The molecule has 1 saturated heterocycles. The van der Waals surface area contributed by atoms with Crippen molar-refractivity contribution in [1.82, 2.24) is 4.98 Å². The van der Waals surface area contributed by atoms with Crippen molar-refractivity contribution in [3.63, 3.8) is 0 Å². The Morgan fingerprint density at radius 2 is 2.25 bits per heavy atom. The predicted octanol–water partition coefficient (Wildman–Crippen LogP) is 3.69. The Balaban J connectivity index is 1.83. The molecule has 104 valence electrons. The maximum Gasteiger partial charge on any atom is 0.163 e. The zero-order valence-corrected chi connectivity index (χ0v) is 11.8. The predicted molar refractivity (Wildman–Crippen MR) is 79.0 cm³/mol. The second-order valence-corrected chi connectivity index (χ2v) is 5.43. The Morgan fingerprint density at radius 3 is 3.05 bits per heavy atom. The first kappa shape index (κ1) is 13.3. The number of ether oxygens (including phenoxy) is 1. The number of benzene rings is 1. The SMILES string of the molecule is Cc1cc(C(=O)CCC2CCCO2)c2ccccc2n1. The molecule has 0 N–H and O–H groups in total. The number of ketones is 1. The zero-order valence-electron chi connectivity index (χ0n) is 11.8. The Labute approximate surface area is 119 Å². The van der Waals surface area contributed by atoms with Crippen LogP contribution < -0.4 is 0 Å². The van der Waals surface area contributed by atoms with Crippen molar-refractivity contribution >= 4 is 16.7 Å². The quantitative estimate of drug-likeness (QED) is 0.795. The fourth-order valence-corrected chi connectivity index (χ4v) is 2.84. The number of aryl methyl sites for hydroxylation is 1. The monoisotopic (exact) mass is 269 g/mol. The summed E-state index contributed by atoms with van der Waals surface area (Å²) in [6.07, 6.45) is 3.86. The van der Waals surface area contributed by atoms with E-state index >= 15 is 0 Å². The van der Waals surface area contributed by atoms with E-state index in [4.69, 9.17) is 4.74 Å². The summed E-state index contributed by atoms with van der Waals surface area (Å²) in [5.41, 5.74) is 2.59. The number of carbonyl (C=O) groups is 1. The summed E-state index contributed by atoms with van der Waals surface area (Å²) in [5, 5.41) is 0.954. The van der Waals surface area contributed by atoms with Crippen molar-refractivity contribution in [2.75, 3.05) is 6.61 Å². The van der Waals surface area contributed by atoms with Crippen LogP contribution in [0.3, 0.4) is 0 Å². The average Bonchev–Trinajstić information content (AvgIpc) is 2.97. The third-order valence-electron chi connectivity index (χ3n) is 3.86. The van der Waals surface area contributed by atoms with Gasteiger partial charge in [0.05, 0.1) is 11.6 Å². The highest BCUT2D eigenvalue weighted by Crippen LogP contribution is 2.22. The molecule has 20 heavy (non-hydrogen) atoms. The molecule has 0 bridgehead atoms. The standard InChI is InChI=1S/C17H19NO2/c1-12-11-15(14-6-2-3-7-16(14)18-12)17(19)9-8-13-5-4-10-20-13/h2-3,6-7,11,13H,4-5,8-10H2,1H3. The van der Waals surface area contributed by atoms with E-state index in [0.717, 1.165) is 48.0 Å². The van der Waals surface area contributed by atoms with Crippen LogP contribution in [0.4, 0.5) is 0 Å². The summed E-state index contributed by atoms with van der Waals surface area (Å²) in [7, 11) is 0. The van der Waals surface area contributed by atoms with E-state index in [0.29, 0.717) is 6.42 Å². The first-order valence-corrected chi connectivity index (χ1v) is 7.25. The zero-order chi connectivity index (χ0) is 13.9. The highest BCUT2D eigenvalue weighted by Gasteiger charge is 2.18. The fourth-order valence-electron chi connectivity index (χ4n) is 2.84. The van der Waals surface area contributed by atoms with Crippen LogP contribution >= 0.6 is 0 Å². The largest absolute Gasteiger partial charge is 0.378 e. The van der Waals surface area contributed by atoms with E-state index in [1.165, 1.54) is 0 Å². The van der Waals surface area contributed by atoms with Gasteiger partial charge < -0.3 is 4.74 Å². The van der Waals surface area contributed by atoms with Gasteiger partial charge in [0, 0.05) is 29.7 Å². The van der Waals surface area contributed by atoms with Gasteiger partial charge in [0.2, 0.25) is 0 Å². The van der Waals surface area contributed by atoms with Crippen LogP contribution in [-0.4, -0.2) is 23.5 Å². The molecule has 0 amide bonds. The van der Waals surface area contributed by atoms with Crippen molar-refractivity contribution in [3.8, 4) is 0 Å². The first-order chi connectivity index (χ1) is 9.74. The third kappa shape index (κ3) is 2.73. The normalized spacial score (nSPS) is 18.6. The Hall–Kier alpha value is -1.74. The lowest BCUT2D eigenvalue weighted by Gasteiger charge is -2.10. The van der Waals surface area contributed by atoms with Crippen LogP contribution in [0, 0.1) is 6.92 Å². The molecule has 1 aliphatic rings. The number of nitrogens with zero attached hydrogens (tertiary/aromatic N) is 1. The Bertz CT molecular complexity index is 630. The number of aromatic nitrogens is 1. The number of fused-ring (bicyclic) bond motifs is 1. The molecule has 3 nitrogen and oxygen atoms in total. The van der Waals surface area contributed by atoms with Crippen molar-refractivity contribution in [2.45, 2.75) is 38.7 Å². The second-order valence-electron chi connectivity index (χ2n) is 5.43. The second kappa shape index (κ2) is 5.71. The van der Waals surface area contributed by atoms with Gasteiger partial charge in [0.1, 0.15) is 0 Å². The molecule has 1 unspecified atom stereocenters. The summed E-state index contributed by atoms with van der Waals surface area (Å²) >= 11 is 0. The molecule has 0 aliphatic carbocycles. The lowest BCUT2D eigenvalue weighted by Crippen LogP contribution is -2.09. The molecule has 0 spiro atoms. The molecule has 1 aromatic heterocycles. The van der Waals surface area contributed by atoms with Gasteiger partial charge in [-0.2, -0.15) is 0 Å².